The van der Waals surface area contributed by atoms with Crippen LogP contribution in [0.2, 0.25) is 0 Å². The minimum Gasteiger partial charge on any atom is -0.384 e. The monoisotopic (exact) mass is 463 g/mol. The molecule has 1 aromatic carbocycles. The fourth-order valence-corrected chi connectivity index (χ4v) is 5.18. The van der Waals surface area contributed by atoms with Crippen molar-refractivity contribution < 1.29 is 18.0 Å². The Kier molecular flexibility index (Phi) is 5.53. The number of benzene rings is 1. The molecule has 1 atom stereocenters. The van der Waals surface area contributed by atoms with Crippen LogP contribution in [0.15, 0.2) is 51.3 Å². The van der Waals surface area contributed by atoms with Gasteiger partial charge in [-0.25, -0.2) is 0 Å². The second-order valence-electron chi connectivity index (χ2n) is 6.99. The van der Waals surface area contributed by atoms with Crippen LogP contribution in [0.25, 0.3) is 0 Å². The van der Waals surface area contributed by atoms with Crippen LogP contribution in [0, 0.1) is 11.3 Å². The largest absolute Gasteiger partial charge is 0.416 e. The standard InChI is InChI=1S/C20H16F3N5OS2/c1-30-19-27-26-18(31-19)28-13-3-2-4-14(29)16(13)15(12(9-24)17(28)25)10-5-7-11(8-6-10)20(21,22)23/h5-8,15H,2-4,25H2,1H3. The van der Waals surface area contributed by atoms with Gasteiger partial charge in [-0.2, -0.15) is 18.4 Å². The van der Waals surface area contributed by atoms with E-state index in [2.05, 4.69) is 16.3 Å². The van der Waals surface area contributed by atoms with Crippen molar-refractivity contribution in [2.75, 3.05) is 11.2 Å². The van der Waals surface area contributed by atoms with Crippen molar-refractivity contribution in [3.05, 3.63) is 58.1 Å². The molecule has 2 heterocycles. The van der Waals surface area contributed by atoms with Crippen molar-refractivity contribution in [2.45, 2.75) is 35.7 Å². The molecule has 2 aliphatic rings. The van der Waals surface area contributed by atoms with Gasteiger partial charge in [-0.05, 0) is 36.8 Å². The molecule has 1 aliphatic carbocycles. The molecule has 0 radical (unpaired) electrons. The first-order chi connectivity index (χ1) is 14.8. The van der Waals surface area contributed by atoms with Gasteiger partial charge in [0.05, 0.1) is 23.1 Å². The fraction of sp³-hybridized carbons (Fsp3) is 0.300. The Bertz CT molecular complexity index is 1140. The van der Waals surface area contributed by atoms with E-state index in [1.807, 2.05) is 6.26 Å². The van der Waals surface area contributed by atoms with Crippen molar-refractivity contribution >= 4 is 34.0 Å². The summed E-state index contributed by atoms with van der Waals surface area (Å²) in [5.74, 6) is -0.852. The lowest BCUT2D eigenvalue weighted by Gasteiger charge is -2.38. The SMILES string of the molecule is CSc1nnc(N2C(N)=C(C#N)C(c3ccc(C(F)(F)F)cc3)C3=C2CCCC3=O)s1. The maximum Gasteiger partial charge on any atom is 0.416 e. The zero-order valence-electron chi connectivity index (χ0n) is 16.2. The van der Waals surface area contributed by atoms with Crippen LogP contribution in [0.4, 0.5) is 18.3 Å². The summed E-state index contributed by atoms with van der Waals surface area (Å²) in [6.45, 7) is 0. The number of halogens is 3. The first kappa shape index (κ1) is 21.4. The number of nitriles is 1. The molecule has 6 nitrogen and oxygen atoms in total. The average molecular weight is 464 g/mol. The van der Waals surface area contributed by atoms with Crippen LogP contribution in [-0.4, -0.2) is 22.2 Å². The van der Waals surface area contributed by atoms with E-state index in [1.165, 1.54) is 35.2 Å². The van der Waals surface area contributed by atoms with E-state index in [-0.39, 0.29) is 17.2 Å². The molecule has 2 N–H and O–H groups in total. The van der Waals surface area contributed by atoms with Crippen molar-refractivity contribution in [1.82, 2.24) is 10.2 Å². The zero-order valence-corrected chi connectivity index (χ0v) is 17.9. The van der Waals surface area contributed by atoms with Gasteiger partial charge in [0.15, 0.2) is 10.1 Å². The van der Waals surface area contributed by atoms with Crippen LogP contribution in [0.5, 0.6) is 0 Å². The highest BCUT2D eigenvalue weighted by molar-refractivity contribution is 8.00. The summed E-state index contributed by atoms with van der Waals surface area (Å²) in [5.41, 5.74) is 7.12. The molecule has 0 amide bonds. The number of Topliss-reactive ketones (excluding diaryl/α,β-unsaturated/α-hetero) is 1. The summed E-state index contributed by atoms with van der Waals surface area (Å²) in [7, 11) is 0. The number of carbonyl (C=O) groups is 1. The van der Waals surface area contributed by atoms with Gasteiger partial charge in [0.2, 0.25) is 5.13 Å². The third-order valence-electron chi connectivity index (χ3n) is 5.25. The third-order valence-corrected chi connectivity index (χ3v) is 7.13. The molecule has 31 heavy (non-hydrogen) atoms. The molecule has 0 spiro atoms. The van der Waals surface area contributed by atoms with E-state index in [9.17, 15) is 23.2 Å². The molecule has 0 saturated carbocycles. The Labute approximate surface area is 184 Å². The average Bonchev–Trinajstić information content (AvgIpc) is 3.21. The molecule has 11 heteroatoms. The molecule has 1 aliphatic heterocycles. The molecule has 4 rings (SSSR count). The number of rotatable bonds is 3. The van der Waals surface area contributed by atoms with Crippen LogP contribution < -0.4 is 10.6 Å². The second kappa shape index (κ2) is 8.01. The van der Waals surface area contributed by atoms with E-state index in [1.54, 1.807) is 4.90 Å². The van der Waals surface area contributed by atoms with Gasteiger partial charge in [-0.3, -0.25) is 9.69 Å². The van der Waals surface area contributed by atoms with Gasteiger partial charge < -0.3 is 5.73 Å². The molecular formula is C20H16F3N5OS2. The Balaban J connectivity index is 1.89. The van der Waals surface area contributed by atoms with Gasteiger partial charge in [0.25, 0.3) is 0 Å². The van der Waals surface area contributed by atoms with Crippen LogP contribution >= 0.6 is 23.1 Å². The van der Waals surface area contributed by atoms with Crippen molar-refractivity contribution in [3.8, 4) is 6.07 Å². The van der Waals surface area contributed by atoms with Crippen LogP contribution in [-0.2, 0) is 11.0 Å². The molecular weight excluding hydrogens is 447 g/mol. The maximum absolute atomic E-state index is 13.0. The zero-order chi connectivity index (χ0) is 22.3. The third kappa shape index (κ3) is 3.70. The van der Waals surface area contributed by atoms with Gasteiger partial charge in [-0.15, -0.1) is 10.2 Å². The summed E-state index contributed by atoms with van der Waals surface area (Å²) >= 11 is 2.70. The van der Waals surface area contributed by atoms with E-state index in [0.29, 0.717) is 45.6 Å². The molecule has 0 bridgehead atoms. The smallest absolute Gasteiger partial charge is 0.384 e. The Hall–Kier alpha value is -2.84. The lowest BCUT2D eigenvalue weighted by molar-refractivity contribution is -0.137. The molecule has 1 aromatic heterocycles. The topological polar surface area (TPSA) is 95.9 Å². The second-order valence-corrected chi connectivity index (χ2v) is 9.00. The highest BCUT2D eigenvalue weighted by Gasteiger charge is 2.41. The number of ketones is 1. The van der Waals surface area contributed by atoms with Crippen molar-refractivity contribution in [1.29, 1.82) is 5.26 Å². The normalized spacial score (nSPS) is 19.5. The van der Waals surface area contributed by atoms with Crippen molar-refractivity contribution in [3.63, 3.8) is 0 Å². The number of hydrogen-bond acceptors (Lipinski definition) is 8. The number of anilines is 1. The fourth-order valence-electron chi connectivity index (χ4n) is 3.88. The molecule has 1 unspecified atom stereocenters. The number of allylic oxidation sites excluding steroid dienone is 3. The number of nitrogens with two attached hydrogens (primary N) is 1. The van der Waals surface area contributed by atoms with E-state index in [4.69, 9.17) is 5.73 Å². The number of hydrogen-bond donors (Lipinski definition) is 1. The number of thioether (sulfide) groups is 1. The van der Waals surface area contributed by atoms with Gasteiger partial charge in [0, 0.05) is 17.7 Å². The van der Waals surface area contributed by atoms with Gasteiger partial charge >= 0.3 is 6.18 Å². The molecule has 0 saturated heterocycles. The Morgan fingerprint density at radius 1 is 1.26 bits per heavy atom. The lowest BCUT2D eigenvalue weighted by atomic mass is 9.75. The predicted octanol–water partition coefficient (Wildman–Crippen LogP) is 4.58. The Morgan fingerprint density at radius 2 is 1.97 bits per heavy atom. The number of nitrogens with zero attached hydrogens (tertiary/aromatic N) is 4. The minimum atomic E-state index is -4.48. The summed E-state index contributed by atoms with van der Waals surface area (Å²) in [6, 6.07) is 6.59. The molecule has 2 aromatic rings. The summed E-state index contributed by atoms with van der Waals surface area (Å²) in [6.07, 6.45) is -1.18. The molecule has 160 valence electrons. The predicted molar refractivity (Wildman–Crippen MR) is 111 cm³/mol. The number of carbonyl (C=O) groups excluding carboxylic acids is 1. The summed E-state index contributed by atoms with van der Waals surface area (Å²) in [4.78, 5) is 14.6. The maximum atomic E-state index is 13.0. The first-order valence-corrected chi connectivity index (χ1v) is 11.3. The number of aromatic nitrogens is 2. The van der Waals surface area contributed by atoms with E-state index in [0.717, 1.165) is 12.1 Å². The van der Waals surface area contributed by atoms with Crippen LogP contribution in [0.3, 0.4) is 0 Å². The van der Waals surface area contributed by atoms with E-state index >= 15 is 0 Å². The van der Waals surface area contributed by atoms with E-state index < -0.39 is 17.7 Å². The summed E-state index contributed by atoms with van der Waals surface area (Å²) < 4.78 is 39.7. The minimum absolute atomic E-state index is 0.106. The quantitative estimate of drug-likeness (QED) is 0.666. The molecule has 0 fully saturated rings. The number of alkyl halides is 3. The highest BCUT2D eigenvalue weighted by Crippen LogP contribution is 2.47. The highest BCUT2D eigenvalue weighted by atomic mass is 32.2. The Morgan fingerprint density at radius 3 is 2.55 bits per heavy atom. The first-order valence-electron chi connectivity index (χ1n) is 9.27. The lowest BCUT2D eigenvalue weighted by Crippen LogP contribution is -2.38. The van der Waals surface area contributed by atoms with Gasteiger partial charge in [-0.1, -0.05) is 35.2 Å². The summed E-state index contributed by atoms with van der Waals surface area (Å²) in [5, 5.41) is 18.6. The van der Waals surface area contributed by atoms with Crippen LogP contribution in [0.1, 0.15) is 36.3 Å². The van der Waals surface area contributed by atoms with Gasteiger partial charge in [0.1, 0.15) is 5.82 Å². The van der Waals surface area contributed by atoms with Crippen molar-refractivity contribution in [2.24, 2.45) is 5.73 Å².